The SMILES string of the molecule is [C-]#[N+]c1ccc(-n2c3ccccc3c3cc4c5ccccc5n(-c5ccccc5)c4cc32)cc1-c1cc(-c2nc(-c3ccccc3)nc(-c3ccccc3)n2)ccc1-n1c2ccccc2c2cc3c4ccccc4n(-c4ccccc4)c3cc21. The second-order valence-electron chi connectivity index (χ2n) is 21.4. The molecule has 5 aromatic heterocycles. The van der Waals surface area contributed by atoms with Gasteiger partial charge in [-0.25, -0.2) is 19.8 Å². The van der Waals surface area contributed by atoms with Crippen molar-refractivity contribution >= 4 is 92.9 Å². The Balaban J connectivity index is 0.965. The number of nitrogens with zero attached hydrogens (tertiary/aromatic N) is 8. The average Bonchev–Trinajstić information content (AvgIpc) is 1.81. The standard InChI is InChI=1S/C76H46N8/c1-77-64-40-39-53(83-67-36-20-16-32-56(67)62-44-60-54-30-14-18-34-65(54)81(70(60)46-72(62)83)51-26-10-4-11-27-51)43-58(64)59-42-50(76-79-74(48-22-6-2-7-23-48)78-75(80-76)49-24-8-3-9-25-49)38-41-69(59)84-68-37-21-17-33-57(68)63-45-61-55-31-15-19-35-66(55)82(71(61)47-73(63)84)52-28-12-5-13-29-52/h2-47H. The molecule has 0 radical (unpaired) electrons. The summed E-state index contributed by atoms with van der Waals surface area (Å²) >= 11 is 0. The van der Waals surface area contributed by atoms with Crippen molar-refractivity contribution in [3.63, 3.8) is 0 Å². The lowest BCUT2D eigenvalue weighted by Gasteiger charge is -2.19. The van der Waals surface area contributed by atoms with Crippen LogP contribution in [0.4, 0.5) is 5.69 Å². The molecule has 0 aliphatic rings. The van der Waals surface area contributed by atoms with Crippen molar-refractivity contribution in [3.05, 3.63) is 290 Å². The molecule has 0 amide bonds. The molecule has 0 saturated carbocycles. The monoisotopic (exact) mass is 1070 g/mol. The van der Waals surface area contributed by atoms with E-state index in [0.717, 1.165) is 116 Å². The van der Waals surface area contributed by atoms with Crippen molar-refractivity contribution in [2.24, 2.45) is 0 Å². The number of rotatable bonds is 8. The summed E-state index contributed by atoms with van der Waals surface area (Å²) in [6.45, 7) is 8.98. The molecule has 5 heterocycles. The quantitative estimate of drug-likeness (QED) is 0.142. The molecule has 84 heavy (non-hydrogen) atoms. The molecule has 0 unspecified atom stereocenters. The van der Waals surface area contributed by atoms with Gasteiger partial charge in [-0.1, -0.05) is 176 Å². The minimum Gasteiger partial charge on any atom is -0.309 e. The van der Waals surface area contributed by atoms with Crippen molar-refractivity contribution in [1.29, 1.82) is 0 Å². The van der Waals surface area contributed by atoms with Crippen LogP contribution in [0.3, 0.4) is 0 Å². The van der Waals surface area contributed by atoms with Gasteiger partial charge >= 0.3 is 0 Å². The molecule has 0 aliphatic carbocycles. The minimum absolute atomic E-state index is 0.516. The summed E-state index contributed by atoms with van der Waals surface area (Å²) in [6, 6.07) is 98.5. The van der Waals surface area contributed by atoms with Gasteiger partial charge in [-0.15, -0.1) is 0 Å². The van der Waals surface area contributed by atoms with E-state index in [1.165, 1.54) is 21.5 Å². The zero-order valence-corrected chi connectivity index (χ0v) is 45.1. The van der Waals surface area contributed by atoms with Crippen LogP contribution < -0.4 is 0 Å². The first-order valence-corrected chi connectivity index (χ1v) is 28.2. The Hall–Kier alpha value is -11.7. The molecular weight excluding hydrogens is 1020 g/mol. The van der Waals surface area contributed by atoms with Crippen LogP contribution in [0.25, 0.3) is 160 Å². The lowest BCUT2D eigenvalue weighted by molar-refractivity contribution is 1.07. The predicted octanol–water partition coefficient (Wildman–Crippen LogP) is 19.5. The average molecular weight is 1070 g/mol. The highest BCUT2D eigenvalue weighted by molar-refractivity contribution is 6.21. The highest BCUT2D eigenvalue weighted by Crippen LogP contribution is 2.46. The molecule has 0 aliphatic heterocycles. The molecule has 0 bridgehead atoms. The van der Waals surface area contributed by atoms with Gasteiger partial charge in [0.05, 0.1) is 56.4 Å². The maximum absolute atomic E-state index is 8.98. The van der Waals surface area contributed by atoms with E-state index in [0.29, 0.717) is 23.2 Å². The summed E-state index contributed by atoms with van der Waals surface area (Å²) in [6.07, 6.45) is 0. The van der Waals surface area contributed by atoms with Crippen molar-refractivity contribution in [2.45, 2.75) is 0 Å². The minimum atomic E-state index is 0.516. The van der Waals surface area contributed by atoms with Crippen molar-refractivity contribution in [2.75, 3.05) is 0 Å². The van der Waals surface area contributed by atoms with Crippen LogP contribution in [0.2, 0.25) is 0 Å². The zero-order valence-electron chi connectivity index (χ0n) is 45.1. The largest absolute Gasteiger partial charge is 0.309 e. The van der Waals surface area contributed by atoms with Crippen LogP contribution >= 0.6 is 0 Å². The molecule has 390 valence electrons. The predicted molar refractivity (Wildman–Crippen MR) is 345 cm³/mol. The van der Waals surface area contributed by atoms with Gasteiger partial charge in [0.15, 0.2) is 23.2 Å². The molecule has 17 aromatic rings. The number of hydrogen-bond acceptors (Lipinski definition) is 3. The number of hydrogen-bond donors (Lipinski definition) is 0. The Morgan fingerprint density at radius 3 is 1.06 bits per heavy atom. The van der Waals surface area contributed by atoms with E-state index < -0.39 is 0 Å². The molecular formula is C76H46N8. The Morgan fingerprint density at radius 1 is 0.250 bits per heavy atom. The van der Waals surface area contributed by atoms with E-state index in [1.807, 2.05) is 66.7 Å². The first-order chi connectivity index (χ1) is 41.6. The summed E-state index contributed by atoms with van der Waals surface area (Å²) in [4.78, 5) is 20.0. The highest BCUT2D eigenvalue weighted by Gasteiger charge is 2.25. The first-order valence-electron chi connectivity index (χ1n) is 28.2. The molecule has 0 saturated heterocycles. The van der Waals surface area contributed by atoms with Crippen LogP contribution in [0, 0.1) is 6.57 Å². The van der Waals surface area contributed by atoms with Crippen LogP contribution in [-0.2, 0) is 0 Å². The van der Waals surface area contributed by atoms with E-state index in [9.17, 15) is 0 Å². The van der Waals surface area contributed by atoms with E-state index in [4.69, 9.17) is 21.5 Å². The fourth-order valence-corrected chi connectivity index (χ4v) is 13.1. The summed E-state index contributed by atoms with van der Waals surface area (Å²) in [7, 11) is 0. The van der Waals surface area contributed by atoms with Gasteiger partial charge in [0.25, 0.3) is 0 Å². The van der Waals surface area contributed by atoms with Gasteiger partial charge < -0.3 is 18.3 Å². The van der Waals surface area contributed by atoms with Crippen LogP contribution in [-0.4, -0.2) is 33.2 Å². The highest BCUT2D eigenvalue weighted by atomic mass is 15.0. The van der Waals surface area contributed by atoms with Gasteiger partial charge in [0.1, 0.15) is 0 Å². The van der Waals surface area contributed by atoms with Gasteiger partial charge in [-0.05, 0) is 114 Å². The van der Waals surface area contributed by atoms with Gasteiger partial charge in [0, 0.05) is 76.8 Å². The number of fused-ring (bicyclic) bond motifs is 12. The molecule has 0 atom stereocenters. The molecule has 8 heteroatoms. The van der Waals surface area contributed by atoms with Gasteiger partial charge in [-0.3, -0.25) is 0 Å². The van der Waals surface area contributed by atoms with E-state index in [1.54, 1.807) is 0 Å². The fraction of sp³-hybridized carbons (Fsp3) is 0. The number of benzene rings is 12. The Labute approximate surface area is 482 Å². The van der Waals surface area contributed by atoms with Crippen molar-refractivity contribution < 1.29 is 0 Å². The van der Waals surface area contributed by atoms with E-state index in [-0.39, 0.29) is 0 Å². The maximum Gasteiger partial charge on any atom is 0.195 e. The Morgan fingerprint density at radius 2 is 0.619 bits per heavy atom. The lowest BCUT2D eigenvalue weighted by atomic mass is 9.97. The van der Waals surface area contributed by atoms with Crippen LogP contribution in [0.15, 0.2) is 279 Å². The third kappa shape index (κ3) is 7.23. The van der Waals surface area contributed by atoms with E-state index >= 15 is 0 Å². The van der Waals surface area contributed by atoms with Gasteiger partial charge in [0.2, 0.25) is 0 Å². The Kier molecular flexibility index (Phi) is 10.5. The summed E-state index contributed by atoms with van der Waals surface area (Å²) in [5.74, 6) is 1.66. The number of para-hydroxylation sites is 6. The van der Waals surface area contributed by atoms with Crippen LogP contribution in [0.1, 0.15) is 0 Å². The molecule has 17 rings (SSSR count). The molecule has 0 N–H and O–H groups in total. The third-order valence-corrected chi connectivity index (χ3v) is 16.8. The van der Waals surface area contributed by atoms with Gasteiger partial charge in [-0.2, -0.15) is 0 Å². The smallest absolute Gasteiger partial charge is 0.195 e. The fourth-order valence-electron chi connectivity index (χ4n) is 13.1. The summed E-state index contributed by atoms with van der Waals surface area (Å²) in [5.41, 5.74) is 17.4. The topological polar surface area (TPSA) is 62.8 Å². The molecule has 12 aromatic carbocycles. The second kappa shape index (κ2) is 18.7. The molecule has 8 nitrogen and oxygen atoms in total. The van der Waals surface area contributed by atoms with Crippen molar-refractivity contribution in [1.82, 2.24) is 33.2 Å². The second-order valence-corrected chi connectivity index (χ2v) is 21.4. The first kappa shape index (κ1) is 47.2. The molecule has 0 spiro atoms. The van der Waals surface area contributed by atoms with Crippen molar-refractivity contribution in [3.8, 4) is 68.0 Å². The molecule has 0 fully saturated rings. The van der Waals surface area contributed by atoms with Crippen LogP contribution in [0.5, 0.6) is 0 Å². The summed E-state index contributed by atoms with van der Waals surface area (Å²) < 4.78 is 9.53. The lowest BCUT2D eigenvalue weighted by Crippen LogP contribution is -2.02. The maximum atomic E-state index is 8.98. The third-order valence-electron chi connectivity index (χ3n) is 16.8. The summed E-state index contributed by atoms with van der Waals surface area (Å²) in [5, 5.41) is 9.30. The number of aromatic nitrogens is 7. The zero-order chi connectivity index (χ0) is 55.4. The Bertz CT molecular complexity index is 5490. The normalized spacial score (nSPS) is 11.8. The van der Waals surface area contributed by atoms with E-state index in [2.05, 4.69) is 235 Å².